The van der Waals surface area contributed by atoms with Crippen LogP contribution in [0.3, 0.4) is 0 Å². The summed E-state index contributed by atoms with van der Waals surface area (Å²) in [6.07, 6.45) is -4.44. The third-order valence-electron chi connectivity index (χ3n) is 1.87. The molecule has 0 aliphatic heterocycles. The zero-order valence-electron chi connectivity index (χ0n) is 9.28. The van der Waals surface area contributed by atoms with Crippen molar-refractivity contribution in [3.05, 3.63) is 17.1 Å². The minimum atomic E-state index is -4.44. The van der Waals surface area contributed by atoms with Gasteiger partial charge in [-0.25, -0.2) is 14.8 Å². The molecule has 1 rings (SSSR count). The number of carbonyl (C=O) groups is 1. The molecule has 0 aromatic carbocycles. The molecule has 1 heterocycles. The maximum absolute atomic E-state index is 11.8. The SMILES string of the molecule is Cc1nc(COCC(F)(F)F)nc(N)c1C(=O)O. The molecule has 9 heteroatoms. The average Bonchev–Trinajstić information content (AvgIpc) is 2.13. The second-order valence-electron chi connectivity index (χ2n) is 3.40. The quantitative estimate of drug-likeness (QED) is 0.847. The van der Waals surface area contributed by atoms with Crippen LogP contribution in [0.1, 0.15) is 21.9 Å². The topological polar surface area (TPSA) is 98.3 Å². The highest BCUT2D eigenvalue weighted by atomic mass is 19.4. The summed E-state index contributed by atoms with van der Waals surface area (Å²) >= 11 is 0. The Kier molecular flexibility index (Phi) is 4.07. The fourth-order valence-corrected chi connectivity index (χ4v) is 1.24. The third-order valence-corrected chi connectivity index (χ3v) is 1.87. The number of anilines is 1. The number of nitrogens with zero attached hydrogens (tertiary/aromatic N) is 2. The van der Waals surface area contributed by atoms with Crippen LogP contribution in [0.25, 0.3) is 0 Å². The second-order valence-corrected chi connectivity index (χ2v) is 3.40. The lowest BCUT2D eigenvalue weighted by Gasteiger charge is -2.09. The number of aromatic nitrogens is 2. The van der Waals surface area contributed by atoms with Crippen LogP contribution in [0.2, 0.25) is 0 Å². The van der Waals surface area contributed by atoms with Crippen LogP contribution >= 0.6 is 0 Å². The highest BCUT2D eigenvalue weighted by Crippen LogP contribution is 2.16. The second kappa shape index (κ2) is 5.17. The molecular formula is C9H10F3N3O3. The number of nitrogen functional groups attached to an aromatic ring is 1. The standard InChI is InChI=1S/C9H10F3N3O3/c1-4-6(8(16)17)7(13)15-5(14-4)2-18-3-9(10,11)12/h2-3H2,1H3,(H,16,17)(H2,13,14,15). The molecule has 0 unspecified atom stereocenters. The highest BCUT2D eigenvalue weighted by Gasteiger charge is 2.27. The van der Waals surface area contributed by atoms with Crippen LogP contribution in [0.5, 0.6) is 0 Å². The van der Waals surface area contributed by atoms with E-state index in [-0.39, 0.29) is 22.9 Å². The fourth-order valence-electron chi connectivity index (χ4n) is 1.24. The predicted octanol–water partition coefficient (Wildman–Crippen LogP) is 1.14. The number of hydrogen-bond donors (Lipinski definition) is 2. The first-order valence-corrected chi connectivity index (χ1v) is 4.71. The van der Waals surface area contributed by atoms with Crippen LogP contribution in [-0.2, 0) is 11.3 Å². The molecule has 1 aromatic rings. The van der Waals surface area contributed by atoms with Crippen LogP contribution in [0.4, 0.5) is 19.0 Å². The van der Waals surface area contributed by atoms with Gasteiger partial charge in [-0.2, -0.15) is 13.2 Å². The maximum Gasteiger partial charge on any atom is 0.411 e. The van der Waals surface area contributed by atoms with Gasteiger partial charge in [-0.05, 0) is 6.92 Å². The summed E-state index contributed by atoms with van der Waals surface area (Å²) in [4.78, 5) is 18.0. The molecule has 0 fully saturated rings. The minimum Gasteiger partial charge on any atom is -0.477 e. The molecule has 0 atom stereocenters. The van der Waals surface area contributed by atoms with Crippen molar-refractivity contribution in [1.29, 1.82) is 0 Å². The van der Waals surface area contributed by atoms with Gasteiger partial charge in [-0.1, -0.05) is 0 Å². The van der Waals surface area contributed by atoms with Gasteiger partial charge in [-0.3, -0.25) is 0 Å². The van der Waals surface area contributed by atoms with E-state index < -0.39 is 25.4 Å². The number of aryl methyl sites for hydroxylation is 1. The number of ether oxygens (including phenoxy) is 1. The minimum absolute atomic E-state index is 0.0700. The molecule has 0 spiro atoms. The largest absolute Gasteiger partial charge is 0.477 e. The Labute approximate surface area is 99.6 Å². The van der Waals surface area contributed by atoms with Crippen LogP contribution < -0.4 is 5.73 Å². The van der Waals surface area contributed by atoms with Crippen molar-refractivity contribution in [2.45, 2.75) is 19.7 Å². The van der Waals surface area contributed by atoms with Crippen molar-refractivity contribution in [2.24, 2.45) is 0 Å². The summed E-state index contributed by atoms with van der Waals surface area (Å²) in [5.74, 6) is -1.70. The van der Waals surface area contributed by atoms with Crippen molar-refractivity contribution in [2.75, 3.05) is 12.3 Å². The van der Waals surface area contributed by atoms with E-state index in [1.54, 1.807) is 0 Å². The summed E-state index contributed by atoms with van der Waals surface area (Å²) in [6, 6.07) is 0. The zero-order valence-corrected chi connectivity index (χ0v) is 9.28. The normalized spacial score (nSPS) is 11.6. The van der Waals surface area contributed by atoms with E-state index in [0.717, 1.165) is 0 Å². The molecule has 6 nitrogen and oxygen atoms in total. The lowest BCUT2D eigenvalue weighted by Crippen LogP contribution is -2.18. The Morgan fingerprint density at radius 1 is 1.44 bits per heavy atom. The van der Waals surface area contributed by atoms with Crippen molar-refractivity contribution in [3.8, 4) is 0 Å². The van der Waals surface area contributed by atoms with E-state index in [2.05, 4.69) is 14.7 Å². The van der Waals surface area contributed by atoms with Gasteiger partial charge in [-0.15, -0.1) is 0 Å². The summed E-state index contributed by atoms with van der Waals surface area (Å²) < 4.78 is 39.8. The molecule has 0 saturated carbocycles. The third kappa shape index (κ3) is 3.84. The summed E-state index contributed by atoms with van der Waals surface area (Å²) in [5.41, 5.74) is 5.17. The number of carboxylic acids is 1. The van der Waals surface area contributed by atoms with Crippen LogP contribution in [-0.4, -0.2) is 33.8 Å². The first-order chi connectivity index (χ1) is 8.20. The Morgan fingerprint density at radius 2 is 2.06 bits per heavy atom. The molecule has 0 bridgehead atoms. The molecule has 0 radical (unpaired) electrons. The van der Waals surface area contributed by atoms with Gasteiger partial charge in [0.1, 0.15) is 24.6 Å². The van der Waals surface area contributed by atoms with E-state index in [9.17, 15) is 18.0 Å². The number of halogens is 3. The summed E-state index contributed by atoms with van der Waals surface area (Å²) in [5, 5.41) is 8.78. The summed E-state index contributed by atoms with van der Waals surface area (Å²) in [7, 11) is 0. The number of rotatable bonds is 4. The van der Waals surface area contributed by atoms with Gasteiger partial charge in [0, 0.05) is 0 Å². The first kappa shape index (κ1) is 14.2. The van der Waals surface area contributed by atoms with Crippen molar-refractivity contribution < 1.29 is 27.8 Å². The highest BCUT2D eigenvalue weighted by molar-refractivity contribution is 5.93. The van der Waals surface area contributed by atoms with E-state index >= 15 is 0 Å². The molecule has 1 aromatic heterocycles. The molecule has 0 aliphatic rings. The van der Waals surface area contributed by atoms with Crippen molar-refractivity contribution in [3.63, 3.8) is 0 Å². The average molecular weight is 265 g/mol. The molecular weight excluding hydrogens is 255 g/mol. The zero-order chi connectivity index (χ0) is 13.9. The van der Waals surface area contributed by atoms with E-state index in [4.69, 9.17) is 10.8 Å². The van der Waals surface area contributed by atoms with E-state index in [0.29, 0.717) is 0 Å². The predicted molar refractivity (Wildman–Crippen MR) is 53.9 cm³/mol. The Hall–Kier alpha value is -1.90. The molecule has 3 N–H and O–H groups in total. The van der Waals surface area contributed by atoms with E-state index in [1.165, 1.54) is 6.92 Å². The molecule has 18 heavy (non-hydrogen) atoms. The smallest absolute Gasteiger partial charge is 0.411 e. The number of hydrogen-bond acceptors (Lipinski definition) is 5. The first-order valence-electron chi connectivity index (χ1n) is 4.71. The van der Waals surface area contributed by atoms with Gasteiger partial charge < -0.3 is 15.6 Å². The van der Waals surface area contributed by atoms with Gasteiger partial charge in [0.15, 0.2) is 5.82 Å². The molecule has 100 valence electrons. The van der Waals surface area contributed by atoms with E-state index in [1.807, 2.05) is 0 Å². The fraction of sp³-hybridized carbons (Fsp3) is 0.444. The lowest BCUT2D eigenvalue weighted by molar-refractivity contribution is -0.177. The van der Waals surface area contributed by atoms with Gasteiger partial charge in [0.25, 0.3) is 0 Å². The number of aromatic carboxylic acids is 1. The number of nitrogens with two attached hydrogens (primary N) is 1. The van der Waals surface area contributed by atoms with Crippen LogP contribution in [0, 0.1) is 6.92 Å². The van der Waals surface area contributed by atoms with Crippen LogP contribution in [0.15, 0.2) is 0 Å². The number of carboxylic acid groups (broad SMARTS) is 1. The maximum atomic E-state index is 11.8. The Balaban J connectivity index is 2.78. The monoisotopic (exact) mass is 265 g/mol. The molecule has 0 amide bonds. The van der Waals surface area contributed by atoms with Crippen molar-refractivity contribution in [1.82, 2.24) is 9.97 Å². The molecule has 0 saturated heterocycles. The van der Waals surface area contributed by atoms with Gasteiger partial charge >= 0.3 is 12.1 Å². The molecule has 0 aliphatic carbocycles. The van der Waals surface area contributed by atoms with Gasteiger partial charge in [0.05, 0.1) is 5.69 Å². The lowest BCUT2D eigenvalue weighted by atomic mass is 10.2. The number of alkyl halides is 3. The van der Waals surface area contributed by atoms with Crippen molar-refractivity contribution >= 4 is 11.8 Å². The Bertz CT molecular complexity index is 439. The Morgan fingerprint density at radius 3 is 2.50 bits per heavy atom. The summed E-state index contributed by atoms with van der Waals surface area (Å²) in [6.45, 7) is -0.560. The van der Waals surface area contributed by atoms with Gasteiger partial charge in [0.2, 0.25) is 0 Å².